The van der Waals surface area contributed by atoms with Gasteiger partial charge in [-0.15, -0.1) is 0 Å². The van der Waals surface area contributed by atoms with Crippen LogP contribution < -0.4 is 0 Å². The molecule has 0 bridgehead atoms. The van der Waals surface area contributed by atoms with Gasteiger partial charge in [-0.1, -0.05) is 0 Å². The molecule has 0 spiro atoms. The predicted molar refractivity (Wildman–Crippen MR) is 54.2 cm³/mol. The van der Waals surface area contributed by atoms with Gasteiger partial charge in [0.25, 0.3) is 10.2 Å². The van der Waals surface area contributed by atoms with Gasteiger partial charge in [0.05, 0.1) is 13.2 Å². The fourth-order valence-electron chi connectivity index (χ4n) is 1.63. The Morgan fingerprint density at radius 3 is 2.00 bits per heavy atom. The molecule has 5 nitrogen and oxygen atoms in total. The molecular formula is C8H18N2O3S. The van der Waals surface area contributed by atoms with Crippen LogP contribution in [-0.4, -0.2) is 56.4 Å². The van der Waals surface area contributed by atoms with Gasteiger partial charge < -0.3 is 4.74 Å². The van der Waals surface area contributed by atoms with Crippen molar-refractivity contribution >= 4 is 10.2 Å². The Hall–Kier alpha value is -0.170. The highest BCUT2D eigenvalue weighted by Gasteiger charge is 2.36. The van der Waals surface area contributed by atoms with Crippen LogP contribution in [0.1, 0.15) is 13.8 Å². The van der Waals surface area contributed by atoms with E-state index in [1.165, 1.54) is 8.61 Å². The van der Waals surface area contributed by atoms with Crippen LogP contribution in [0.15, 0.2) is 0 Å². The molecule has 0 saturated carbocycles. The zero-order chi connectivity index (χ0) is 10.9. The first-order valence-corrected chi connectivity index (χ1v) is 6.05. The maximum Gasteiger partial charge on any atom is 0.282 e. The fraction of sp³-hybridized carbons (Fsp3) is 1.00. The van der Waals surface area contributed by atoms with E-state index in [9.17, 15) is 8.42 Å². The van der Waals surface area contributed by atoms with Gasteiger partial charge in [-0.2, -0.15) is 17.0 Å². The molecule has 1 saturated heterocycles. The van der Waals surface area contributed by atoms with Gasteiger partial charge in [0, 0.05) is 26.2 Å². The van der Waals surface area contributed by atoms with Gasteiger partial charge >= 0.3 is 0 Å². The summed E-state index contributed by atoms with van der Waals surface area (Å²) in [6.45, 7) is 4.66. The number of morpholine rings is 1. The summed E-state index contributed by atoms with van der Waals surface area (Å²) in [5.41, 5.74) is 0. The van der Waals surface area contributed by atoms with E-state index in [0.29, 0.717) is 13.2 Å². The number of hydrogen-bond acceptors (Lipinski definition) is 3. The molecule has 1 rings (SSSR count). The Balaban J connectivity index is 2.93. The molecule has 1 fully saturated rings. The van der Waals surface area contributed by atoms with Gasteiger partial charge in [-0.3, -0.25) is 0 Å². The Morgan fingerprint density at radius 1 is 1.21 bits per heavy atom. The number of hydrogen-bond donors (Lipinski definition) is 0. The van der Waals surface area contributed by atoms with Gasteiger partial charge in [-0.05, 0) is 13.8 Å². The monoisotopic (exact) mass is 222 g/mol. The van der Waals surface area contributed by atoms with Crippen LogP contribution in [0.5, 0.6) is 0 Å². The SMILES string of the molecule is CC1COCC(C)N1S(=O)(=O)N(C)C. The van der Waals surface area contributed by atoms with E-state index >= 15 is 0 Å². The summed E-state index contributed by atoms with van der Waals surface area (Å²) < 4.78 is 31.8. The molecule has 0 aromatic rings. The van der Waals surface area contributed by atoms with Gasteiger partial charge in [0.15, 0.2) is 0 Å². The highest BCUT2D eigenvalue weighted by atomic mass is 32.2. The lowest BCUT2D eigenvalue weighted by molar-refractivity contribution is 0.00420. The van der Waals surface area contributed by atoms with Crippen molar-refractivity contribution in [3.05, 3.63) is 0 Å². The zero-order valence-corrected chi connectivity index (χ0v) is 9.91. The molecule has 0 N–H and O–H groups in total. The lowest BCUT2D eigenvalue weighted by Gasteiger charge is -2.38. The standard InChI is InChI=1S/C8H18N2O3S/c1-7-5-13-6-8(2)10(7)14(11,12)9(3)4/h7-8H,5-6H2,1-4H3. The van der Waals surface area contributed by atoms with Crippen molar-refractivity contribution in [3.63, 3.8) is 0 Å². The molecule has 1 heterocycles. The summed E-state index contributed by atoms with van der Waals surface area (Å²) in [7, 11) is -0.220. The topological polar surface area (TPSA) is 49.9 Å². The second-order valence-corrected chi connectivity index (χ2v) is 5.90. The molecule has 2 atom stereocenters. The van der Waals surface area contributed by atoms with Crippen LogP contribution in [0, 0.1) is 0 Å². The summed E-state index contributed by atoms with van der Waals surface area (Å²) in [6, 6.07) is -0.183. The van der Waals surface area contributed by atoms with E-state index < -0.39 is 10.2 Å². The Morgan fingerprint density at radius 2 is 1.64 bits per heavy atom. The van der Waals surface area contributed by atoms with Crippen LogP contribution in [-0.2, 0) is 14.9 Å². The van der Waals surface area contributed by atoms with Crippen LogP contribution in [0.4, 0.5) is 0 Å². The average molecular weight is 222 g/mol. The molecular weight excluding hydrogens is 204 g/mol. The third-order valence-corrected chi connectivity index (χ3v) is 4.49. The van der Waals surface area contributed by atoms with Crippen molar-refractivity contribution in [2.75, 3.05) is 27.3 Å². The second kappa shape index (κ2) is 4.14. The van der Waals surface area contributed by atoms with Crippen molar-refractivity contribution < 1.29 is 13.2 Å². The van der Waals surface area contributed by atoms with Gasteiger partial charge in [-0.25, -0.2) is 0 Å². The third-order valence-electron chi connectivity index (χ3n) is 2.31. The summed E-state index contributed by atoms with van der Waals surface area (Å²) in [4.78, 5) is 0. The Labute approximate surface area is 85.8 Å². The molecule has 84 valence electrons. The fourth-order valence-corrected chi connectivity index (χ4v) is 3.04. The molecule has 1 aliphatic heterocycles. The minimum atomic E-state index is -3.31. The predicted octanol–water partition coefficient (Wildman–Crippen LogP) is -0.0980. The maximum atomic E-state index is 11.9. The van der Waals surface area contributed by atoms with E-state index in [1.54, 1.807) is 14.1 Å². The molecule has 6 heteroatoms. The van der Waals surface area contributed by atoms with Crippen molar-refractivity contribution in [2.24, 2.45) is 0 Å². The van der Waals surface area contributed by atoms with E-state index in [-0.39, 0.29) is 12.1 Å². The molecule has 2 unspecified atom stereocenters. The third kappa shape index (κ3) is 2.08. The summed E-state index contributed by atoms with van der Waals surface area (Å²) in [6.07, 6.45) is 0. The van der Waals surface area contributed by atoms with Gasteiger partial charge in [0.2, 0.25) is 0 Å². The highest BCUT2D eigenvalue weighted by Crippen LogP contribution is 2.18. The van der Waals surface area contributed by atoms with E-state index in [4.69, 9.17) is 4.74 Å². The van der Waals surface area contributed by atoms with E-state index in [0.717, 1.165) is 0 Å². The quantitative estimate of drug-likeness (QED) is 0.655. The number of ether oxygens (including phenoxy) is 1. The van der Waals surface area contributed by atoms with Crippen molar-refractivity contribution in [1.82, 2.24) is 8.61 Å². The molecule has 0 aliphatic carbocycles. The zero-order valence-electron chi connectivity index (χ0n) is 9.10. The largest absolute Gasteiger partial charge is 0.378 e. The van der Waals surface area contributed by atoms with Crippen LogP contribution in [0.25, 0.3) is 0 Å². The lowest BCUT2D eigenvalue weighted by Crippen LogP contribution is -2.55. The molecule has 0 aromatic carbocycles. The van der Waals surface area contributed by atoms with Crippen molar-refractivity contribution in [1.29, 1.82) is 0 Å². The van der Waals surface area contributed by atoms with E-state index in [1.807, 2.05) is 13.8 Å². The summed E-state index contributed by atoms with van der Waals surface area (Å²) in [5.74, 6) is 0. The van der Waals surface area contributed by atoms with Crippen LogP contribution in [0.2, 0.25) is 0 Å². The first kappa shape index (κ1) is 11.9. The second-order valence-electron chi connectivity index (χ2n) is 3.86. The minimum absolute atomic E-state index is 0.0915. The van der Waals surface area contributed by atoms with Crippen LogP contribution >= 0.6 is 0 Å². The van der Waals surface area contributed by atoms with Gasteiger partial charge in [0.1, 0.15) is 0 Å². The summed E-state index contributed by atoms with van der Waals surface area (Å²) >= 11 is 0. The number of nitrogens with zero attached hydrogens (tertiary/aromatic N) is 2. The number of rotatable bonds is 2. The first-order chi connectivity index (χ1) is 6.37. The maximum absolute atomic E-state index is 11.9. The minimum Gasteiger partial charge on any atom is -0.378 e. The molecule has 0 aromatic heterocycles. The Bertz CT molecular complexity index is 279. The first-order valence-electron chi connectivity index (χ1n) is 4.66. The van der Waals surface area contributed by atoms with Crippen molar-refractivity contribution in [3.8, 4) is 0 Å². The molecule has 14 heavy (non-hydrogen) atoms. The summed E-state index contributed by atoms with van der Waals surface area (Å²) in [5, 5.41) is 0. The average Bonchev–Trinajstić information content (AvgIpc) is 2.02. The normalized spacial score (nSPS) is 30.9. The molecule has 0 amide bonds. The van der Waals surface area contributed by atoms with E-state index in [2.05, 4.69) is 0 Å². The van der Waals surface area contributed by atoms with Crippen molar-refractivity contribution in [2.45, 2.75) is 25.9 Å². The highest BCUT2D eigenvalue weighted by molar-refractivity contribution is 7.86. The Kier molecular flexibility index (Phi) is 3.52. The molecule has 1 aliphatic rings. The van der Waals surface area contributed by atoms with Crippen LogP contribution in [0.3, 0.4) is 0 Å². The molecule has 0 radical (unpaired) electrons. The lowest BCUT2D eigenvalue weighted by atomic mass is 10.2. The smallest absolute Gasteiger partial charge is 0.282 e.